The van der Waals surface area contributed by atoms with E-state index in [1.165, 1.54) is 30.4 Å². The summed E-state index contributed by atoms with van der Waals surface area (Å²) in [6.45, 7) is 7.59. The Hall–Kier alpha value is -1.88. The number of hydrogen-bond donors (Lipinski definition) is 2. The number of fused-ring (bicyclic) bond motifs is 1. The maximum atomic E-state index is 12.7. The van der Waals surface area contributed by atoms with Crippen LogP contribution in [0.2, 0.25) is 0 Å². The van der Waals surface area contributed by atoms with Crippen molar-refractivity contribution >= 4 is 28.2 Å². The van der Waals surface area contributed by atoms with Crippen molar-refractivity contribution in [3.05, 3.63) is 45.2 Å². The minimum atomic E-state index is -0.0131. The first kappa shape index (κ1) is 18.9. The van der Waals surface area contributed by atoms with E-state index in [0.717, 1.165) is 41.0 Å². The van der Waals surface area contributed by atoms with Gasteiger partial charge in [0, 0.05) is 23.7 Å². The Kier molecular flexibility index (Phi) is 5.97. The van der Waals surface area contributed by atoms with Crippen LogP contribution >= 0.6 is 12.2 Å². The third kappa shape index (κ3) is 4.09. The molecule has 0 radical (unpaired) electrons. The summed E-state index contributed by atoms with van der Waals surface area (Å²) < 4.78 is 0. The molecule has 26 heavy (non-hydrogen) atoms. The number of aromatic amines is 1. The Morgan fingerprint density at radius 2 is 1.88 bits per heavy atom. The lowest BCUT2D eigenvalue weighted by Crippen LogP contribution is -2.47. The van der Waals surface area contributed by atoms with Gasteiger partial charge in [0.25, 0.3) is 5.56 Å². The van der Waals surface area contributed by atoms with Gasteiger partial charge >= 0.3 is 0 Å². The maximum absolute atomic E-state index is 12.7. The predicted octanol–water partition coefficient (Wildman–Crippen LogP) is 4.17. The number of pyridine rings is 1. The number of nitrogens with zero attached hydrogens (tertiary/aromatic N) is 1. The molecule has 0 aliphatic heterocycles. The van der Waals surface area contributed by atoms with Gasteiger partial charge in [-0.15, -0.1) is 0 Å². The molecule has 1 heterocycles. The predicted molar refractivity (Wildman–Crippen MR) is 113 cm³/mol. The summed E-state index contributed by atoms with van der Waals surface area (Å²) in [5, 5.41) is 5.13. The number of H-pyrrole nitrogens is 1. The summed E-state index contributed by atoms with van der Waals surface area (Å²) in [4.78, 5) is 18.0. The first-order chi connectivity index (χ1) is 12.5. The Balaban J connectivity index is 1.94. The van der Waals surface area contributed by atoms with Crippen molar-refractivity contribution in [2.75, 3.05) is 6.54 Å². The molecular formula is C21H29N3OS. The summed E-state index contributed by atoms with van der Waals surface area (Å²) in [5.74, 6) is 0. The van der Waals surface area contributed by atoms with Crippen LogP contribution in [0, 0.1) is 13.8 Å². The fourth-order valence-electron chi connectivity index (χ4n) is 3.84. The number of aromatic nitrogens is 1. The molecule has 0 spiro atoms. The quantitative estimate of drug-likeness (QED) is 0.792. The van der Waals surface area contributed by atoms with Gasteiger partial charge in [0.15, 0.2) is 5.11 Å². The van der Waals surface area contributed by atoms with Crippen LogP contribution in [0.5, 0.6) is 0 Å². The highest BCUT2D eigenvalue weighted by molar-refractivity contribution is 7.80. The van der Waals surface area contributed by atoms with Gasteiger partial charge in [-0.3, -0.25) is 4.79 Å². The fraction of sp³-hybridized carbons (Fsp3) is 0.524. The smallest absolute Gasteiger partial charge is 0.253 e. The van der Waals surface area contributed by atoms with Crippen molar-refractivity contribution in [1.82, 2.24) is 15.2 Å². The van der Waals surface area contributed by atoms with Crippen molar-refractivity contribution in [1.29, 1.82) is 0 Å². The Morgan fingerprint density at radius 3 is 2.58 bits per heavy atom. The molecule has 1 saturated carbocycles. The molecule has 3 rings (SSSR count). The minimum absolute atomic E-state index is 0.0131. The molecule has 1 aliphatic carbocycles. The van der Waals surface area contributed by atoms with Crippen LogP contribution in [0.15, 0.2) is 23.0 Å². The van der Waals surface area contributed by atoms with E-state index in [1.807, 2.05) is 6.07 Å². The molecule has 0 unspecified atom stereocenters. The minimum Gasteiger partial charge on any atom is -0.363 e. The zero-order chi connectivity index (χ0) is 18.7. The molecule has 140 valence electrons. The number of aryl methyl sites for hydroxylation is 2. The molecule has 1 fully saturated rings. The number of hydrogen-bond acceptors (Lipinski definition) is 2. The van der Waals surface area contributed by atoms with E-state index < -0.39 is 0 Å². The van der Waals surface area contributed by atoms with E-state index in [0.29, 0.717) is 12.6 Å². The van der Waals surface area contributed by atoms with Crippen molar-refractivity contribution in [2.24, 2.45) is 0 Å². The summed E-state index contributed by atoms with van der Waals surface area (Å²) >= 11 is 5.63. The Bertz CT molecular complexity index is 852. The molecule has 2 N–H and O–H groups in total. The average molecular weight is 372 g/mol. The van der Waals surface area contributed by atoms with Crippen LogP contribution in [0.4, 0.5) is 0 Å². The molecular weight excluding hydrogens is 342 g/mol. The van der Waals surface area contributed by atoms with Crippen molar-refractivity contribution in [3.8, 4) is 0 Å². The van der Waals surface area contributed by atoms with E-state index in [1.54, 1.807) is 0 Å². The molecule has 1 aromatic carbocycles. The van der Waals surface area contributed by atoms with E-state index in [9.17, 15) is 4.79 Å². The van der Waals surface area contributed by atoms with Crippen LogP contribution in [0.1, 0.15) is 55.7 Å². The lowest BCUT2D eigenvalue weighted by molar-refractivity contribution is 0.235. The molecule has 0 bridgehead atoms. The van der Waals surface area contributed by atoms with Crippen molar-refractivity contribution in [3.63, 3.8) is 0 Å². The SMILES string of the molecule is CCNC(=S)N(Cc1cc2cc(C)c(C)cc2[nH]c1=O)C1CCCCC1. The van der Waals surface area contributed by atoms with Crippen LogP contribution in [0.25, 0.3) is 10.9 Å². The standard InChI is InChI=1S/C21H29N3OS/c1-4-22-21(26)24(18-8-6-5-7-9-18)13-17-12-16-10-14(2)15(3)11-19(16)23-20(17)25/h10-12,18H,4-9,13H2,1-3H3,(H,22,26)(H,23,25). The molecule has 4 nitrogen and oxygen atoms in total. The molecule has 1 aromatic heterocycles. The topological polar surface area (TPSA) is 48.1 Å². The van der Waals surface area contributed by atoms with Crippen molar-refractivity contribution < 1.29 is 0 Å². The Morgan fingerprint density at radius 1 is 1.19 bits per heavy atom. The van der Waals surface area contributed by atoms with Gasteiger partial charge in [-0.1, -0.05) is 19.3 Å². The zero-order valence-corrected chi connectivity index (χ0v) is 16.8. The van der Waals surface area contributed by atoms with Gasteiger partial charge in [-0.25, -0.2) is 0 Å². The normalized spacial score (nSPS) is 15.2. The number of rotatable bonds is 4. The van der Waals surface area contributed by atoms with Crippen LogP contribution in [-0.2, 0) is 6.54 Å². The number of benzene rings is 1. The van der Waals surface area contributed by atoms with Gasteiger partial charge in [0.1, 0.15) is 0 Å². The lowest BCUT2D eigenvalue weighted by Gasteiger charge is -2.36. The average Bonchev–Trinajstić information content (AvgIpc) is 2.62. The summed E-state index contributed by atoms with van der Waals surface area (Å²) in [7, 11) is 0. The highest BCUT2D eigenvalue weighted by atomic mass is 32.1. The van der Waals surface area contributed by atoms with E-state index >= 15 is 0 Å². The highest BCUT2D eigenvalue weighted by Gasteiger charge is 2.24. The van der Waals surface area contributed by atoms with Crippen LogP contribution in [0.3, 0.4) is 0 Å². The second-order valence-electron chi connectivity index (χ2n) is 7.40. The van der Waals surface area contributed by atoms with E-state index in [4.69, 9.17) is 12.2 Å². The molecule has 2 aromatic rings. The van der Waals surface area contributed by atoms with E-state index in [-0.39, 0.29) is 5.56 Å². The second kappa shape index (κ2) is 8.21. The summed E-state index contributed by atoms with van der Waals surface area (Å²) in [6, 6.07) is 6.66. The lowest BCUT2D eigenvalue weighted by atomic mass is 9.94. The molecule has 1 aliphatic rings. The van der Waals surface area contributed by atoms with Gasteiger partial charge in [0.2, 0.25) is 0 Å². The molecule has 0 atom stereocenters. The van der Waals surface area contributed by atoms with Crippen LogP contribution in [-0.4, -0.2) is 27.6 Å². The van der Waals surface area contributed by atoms with E-state index in [2.05, 4.69) is 48.1 Å². The summed E-state index contributed by atoms with van der Waals surface area (Å²) in [6.07, 6.45) is 6.07. The third-order valence-electron chi connectivity index (χ3n) is 5.48. The molecule has 0 amide bonds. The fourth-order valence-corrected chi connectivity index (χ4v) is 4.19. The van der Waals surface area contributed by atoms with Crippen molar-refractivity contribution in [2.45, 2.75) is 65.5 Å². The monoisotopic (exact) mass is 371 g/mol. The molecule has 0 saturated heterocycles. The second-order valence-corrected chi connectivity index (χ2v) is 7.79. The zero-order valence-electron chi connectivity index (χ0n) is 16.0. The van der Waals surface area contributed by atoms with Crippen LogP contribution < -0.4 is 10.9 Å². The van der Waals surface area contributed by atoms with Gasteiger partial charge < -0.3 is 15.2 Å². The van der Waals surface area contributed by atoms with Gasteiger partial charge in [-0.2, -0.15) is 0 Å². The third-order valence-corrected chi connectivity index (χ3v) is 5.86. The van der Waals surface area contributed by atoms with Gasteiger partial charge in [-0.05, 0) is 80.5 Å². The largest absolute Gasteiger partial charge is 0.363 e. The first-order valence-corrected chi connectivity index (χ1v) is 10.1. The number of nitrogens with one attached hydrogen (secondary N) is 2. The van der Waals surface area contributed by atoms with Gasteiger partial charge in [0.05, 0.1) is 6.54 Å². The summed E-state index contributed by atoms with van der Waals surface area (Å²) in [5.41, 5.74) is 4.11. The number of thiocarbonyl (C=S) groups is 1. The highest BCUT2D eigenvalue weighted by Crippen LogP contribution is 2.25. The Labute approximate surface area is 161 Å². The molecule has 5 heteroatoms. The maximum Gasteiger partial charge on any atom is 0.253 e. The first-order valence-electron chi connectivity index (χ1n) is 9.67.